The van der Waals surface area contributed by atoms with Gasteiger partial charge in [0.15, 0.2) is 0 Å². The highest BCUT2D eigenvalue weighted by Crippen LogP contribution is 2.14. The topological polar surface area (TPSA) is 70.2 Å². The van der Waals surface area contributed by atoms with Gasteiger partial charge < -0.3 is 10.6 Å². The third-order valence-corrected chi connectivity index (χ3v) is 3.67. The van der Waals surface area contributed by atoms with E-state index in [1.807, 2.05) is 0 Å². The third-order valence-electron chi connectivity index (χ3n) is 3.67. The molecule has 0 unspecified atom stereocenters. The molecule has 2 aliphatic heterocycles. The molecule has 18 heavy (non-hydrogen) atoms. The lowest BCUT2D eigenvalue weighted by molar-refractivity contribution is -0.135. The number of hydrogen-bond donors (Lipinski definition) is 3. The largest absolute Gasteiger partial charge is 0.317 e. The van der Waals surface area contributed by atoms with Crippen LogP contribution in [0.3, 0.4) is 0 Å². The van der Waals surface area contributed by atoms with Gasteiger partial charge in [-0.15, -0.1) is 12.4 Å². The summed E-state index contributed by atoms with van der Waals surface area (Å²) in [7, 11) is 0. The van der Waals surface area contributed by atoms with Gasteiger partial charge >= 0.3 is 0 Å². The number of halogens is 1. The van der Waals surface area contributed by atoms with E-state index < -0.39 is 0 Å². The molecule has 0 aromatic rings. The molecule has 2 fully saturated rings. The second-order valence-corrected chi connectivity index (χ2v) is 4.90. The predicted molar refractivity (Wildman–Crippen MR) is 71.6 cm³/mol. The molecule has 0 spiro atoms. The van der Waals surface area contributed by atoms with E-state index in [-0.39, 0.29) is 36.1 Å². The second-order valence-electron chi connectivity index (χ2n) is 4.90. The first-order valence-corrected chi connectivity index (χ1v) is 6.53. The molecule has 2 aliphatic rings. The van der Waals surface area contributed by atoms with Crippen molar-refractivity contribution in [1.29, 1.82) is 0 Å². The van der Waals surface area contributed by atoms with Gasteiger partial charge in [0.25, 0.3) is 0 Å². The fourth-order valence-electron chi connectivity index (χ4n) is 2.49. The zero-order valence-corrected chi connectivity index (χ0v) is 11.4. The molecule has 2 saturated heterocycles. The highest BCUT2D eigenvalue weighted by Gasteiger charge is 2.26. The van der Waals surface area contributed by atoms with Crippen molar-refractivity contribution in [3.63, 3.8) is 0 Å². The van der Waals surface area contributed by atoms with E-state index in [0.717, 1.165) is 51.9 Å². The van der Waals surface area contributed by atoms with Gasteiger partial charge in [0.1, 0.15) is 0 Å². The van der Waals surface area contributed by atoms with Gasteiger partial charge in [-0.25, -0.2) is 0 Å². The van der Waals surface area contributed by atoms with Crippen LogP contribution in [0.5, 0.6) is 0 Å². The number of rotatable bonds is 2. The van der Waals surface area contributed by atoms with Crippen molar-refractivity contribution in [2.45, 2.75) is 25.7 Å². The van der Waals surface area contributed by atoms with Gasteiger partial charge in [-0.3, -0.25) is 14.9 Å². The maximum absolute atomic E-state index is 11.9. The van der Waals surface area contributed by atoms with Crippen LogP contribution >= 0.6 is 12.4 Å². The molecule has 0 aromatic carbocycles. The van der Waals surface area contributed by atoms with Crippen molar-refractivity contribution < 1.29 is 9.59 Å². The third kappa shape index (κ3) is 4.23. The van der Waals surface area contributed by atoms with Crippen LogP contribution in [0.15, 0.2) is 0 Å². The van der Waals surface area contributed by atoms with Crippen molar-refractivity contribution in [2.75, 3.05) is 26.2 Å². The summed E-state index contributed by atoms with van der Waals surface area (Å²) >= 11 is 0. The van der Waals surface area contributed by atoms with E-state index in [1.165, 1.54) is 0 Å². The van der Waals surface area contributed by atoms with Crippen LogP contribution < -0.4 is 16.0 Å². The molecule has 5 nitrogen and oxygen atoms in total. The molecular weight excluding hydrogens is 254 g/mol. The van der Waals surface area contributed by atoms with Crippen LogP contribution in [0.2, 0.25) is 0 Å². The molecule has 6 heteroatoms. The van der Waals surface area contributed by atoms with Crippen molar-refractivity contribution in [1.82, 2.24) is 16.0 Å². The van der Waals surface area contributed by atoms with E-state index in [1.54, 1.807) is 0 Å². The Balaban J connectivity index is 0.00000162. The summed E-state index contributed by atoms with van der Waals surface area (Å²) < 4.78 is 0. The Bertz CT molecular complexity index is 259. The Kier molecular flexibility index (Phi) is 6.60. The number of amides is 2. The van der Waals surface area contributed by atoms with Crippen LogP contribution in [0.4, 0.5) is 0 Å². The highest BCUT2D eigenvalue weighted by atomic mass is 35.5. The van der Waals surface area contributed by atoms with Crippen LogP contribution in [0.25, 0.3) is 0 Å². The van der Waals surface area contributed by atoms with E-state index in [9.17, 15) is 9.59 Å². The summed E-state index contributed by atoms with van der Waals surface area (Å²) in [6.45, 7) is 3.50. The van der Waals surface area contributed by atoms with Gasteiger partial charge in [-0.1, -0.05) is 0 Å². The molecule has 0 bridgehead atoms. The van der Waals surface area contributed by atoms with Gasteiger partial charge in [-0.2, -0.15) is 0 Å². The van der Waals surface area contributed by atoms with Gasteiger partial charge in [0.05, 0.1) is 0 Å². The molecule has 0 saturated carbocycles. The first-order valence-electron chi connectivity index (χ1n) is 6.53. The first kappa shape index (κ1) is 15.4. The Hall–Kier alpha value is -0.650. The number of nitrogens with one attached hydrogen (secondary N) is 3. The summed E-state index contributed by atoms with van der Waals surface area (Å²) in [6, 6.07) is 0. The van der Waals surface area contributed by atoms with Crippen LogP contribution in [-0.2, 0) is 9.59 Å². The lowest BCUT2D eigenvalue weighted by Crippen LogP contribution is -2.45. The maximum atomic E-state index is 11.9. The molecule has 2 heterocycles. The molecule has 0 atom stereocenters. The van der Waals surface area contributed by atoms with Crippen LogP contribution in [0.1, 0.15) is 25.7 Å². The van der Waals surface area contributed by atoms with Gasteiger partial charge in [0.2, 0.25) is 11.8 Å². The predicted octanol–water partition coefficient (Wildman–Crippen LogP) is 0.0502. The number of carbonyl (C=O) groups is 2. The van der Waals surface area contributed by atoms with Crippen molar-refractivity contribution in [2.24, 2.45) is 11.8 Å². The molecule has 0 radical (unpaired) electrons. The minimum absolute atomic E-state index is 0. The fraction of sp³-hybridized carbons (Fsp3) is 0.833. The Morgan fingerprint density at radius 2 is 1.11 bits per heavy atom. The average molecular weight is 276 g/mol. The quantitative estimate of drug-likeness (QED) is 0.623. The fourth-order valence-corrected chi connectivity index (χ4v) is 2.49. The smallest absolute Gasteiger partial charge is 0.229 e. The maximum Gasteiger partial charge on any atom is 0.229 e. The Morgan fingerprint density at radius 3 is 1.44 bits per heavy atom. The van der Waals surface area contributed by atoms with E-state index in [4.69, 9.17) is 0 Å². The van der Waals surface area contributed by atoms with E-state index >= 15 is 0 Å². The molecule has 3 N–H and O–H groups in total. The second kappa shape index (κ2) is 7.71. The van der Waals surface area contributed by atoms with Crippen molar-refractivity contribution >= 4 is 24.2 Å². The molecule has 0 aliphatic carbocycles. The summed E-state index contributed by atoms with van der Waals surface area (Å²) in [5.74, 6) is -0.117. The van der Waals surface area contributed by atoms with Crippen LogP contribution in [0, 0.1) is 11.8 Å². The van der Waals surface area contributed by atoms with Crippen molar-refractivity contribution in [3.05, 3.63) is 0 Å². The van der Waals surface area contributed by atoms with E-state index in [0.29, 0.717) is 0 Å². The normalized spacial score (nSPS) is 22.0. The van der Waals surface area contributed by atoms with Gasteiger partial charge in [-0.05, 0) is 51.9 Å². The molecular formula is C12H22ClN3O2. The average Bonchev–Trinajstić information content (AvgIpc) is 2.40. The summed E-state index contributed by atoms with van der Waals surface area (Å²) in [6.07, 6.45) is 3.35. The zero-order valence-electron chi connectivity index (χ0n) is 10.5. The van der Waals surface area contributed by atoms with Crippen molar-refractivity contribution in [3.8, 4) is 0 Å². The lowest BCUT2D eigenvalue weighted by Gasteiger charge is -2.24. The van der Waals surface area contributed by atoms with Crippen LogP contribution in [-0.4, -0.2) is 38.0 Å². The first-order chi connectivity index (χ1) is 8.27. The summed E-state index contributed by atoms with van der Waals surface area (Å²) in [5, 5.41) is 9.01. The summed E-state index contributed by atoms with van der Waals surface area (Å²) in [4.78, 5) is 23.8. The number of piperidine rings is 2. The molecule has 2 rings (SSSR count). The minimum Gasteiger partial charge on any atom is -0.317 e. The van der Waals surface area contributed by atoms with E-state index in [2.05, 4.69) is 16.0 Å². The minimum atomic E-state index is -0.0740. The highest BCUT2D eigenvalue weighted by molar-refractivity contribution is 5.97. The zero-order chi connectivity index (χ0) is 12.1. The molecule has 104 valence electrons. The number of imide groups is 1. The Labute approximate surface area is 114 Å². The lowest BCUT2D eigenvalue weighted by atomic mass is 9.95. The SMILES string of the molecule is Cl.O=C(NC(=O)C1CCNCC1)C1CCNCC1. The number of carbonyl (C=O) groups excluding carboxylic acids is 2. The van der Waals surface area contributed by atoms with Gasteiger partial charge in [0, 0.05) is 11.8 Å². The standard InChI is InChI=1S/C12H21N3O2.ClH/c16-11(9-1-5-13-6-2-9)15-12(17)10-3-7-14-8-4-10;/h9-10,13-14H,1-8H2,(H,15,16,17);1H. The summed E-state index contributed by atoms with van der Waals surface area (Å²) in [5.41, 5.74) is 0. The Morgan fingerprint density at radius 1 is 0.778 bits per heavy atom. The molecule has 2 amide bonds. The number of hydrogen-bond acceptors (Lipinski definition) is 4. The monoisotopic (exact) mass is 275 g/mol. The molecule has 0 aromatic heterocycles.